The lowest BCUT2D eigenvalue weighted by atomic mass is 9.76. The van der Waals surface area contributed by atoms with Crippen molar-refractivity contribution in [2.24, 2.45) is 5.92 Å². The molecule has 0 N–H and O–H groups in total. The van der Waals surface area contributed by atoms with Crippen molar-refractivity contribution in [3.05, 3.63) is 28.8 Å². The summed E-state index contributed by atoms with van der Waals surface area (Å²) in [4.78, 5) is 14.8. The van der Waals surface area contributed by atoms with Crippen LogP contribution in [-0.4, -0.2) is 44.2 Å². The largest absolute Gasteiger partial charge is 0.495 e. The molecule has 0 amide bonds. The van der Waals surface area contributed by atoms with Crippen LogP contribution in [0, 0.1) is 5.92 Å². The van der Waals surface area contributed by atoms with Gasteiger partial charge in [0.1, 0.15) is 5.75 Å². The third kappa shape index (κ3) is 2.48. The summed E-state index contributed by atoms with van der Waals surface area (Å²) in [5.41, 5.74) is 1.11. The molecule has 4 atom stereocenters. The van der Waals surface area contributed by atoms with E-state index < -0.39 is 0 Å². The van der Waals surface area contributed by atoms with Gasteiger partial charge in [0.2, 0.25) is 0 Å². The number of ether oxygens (including phenoxy) is 2. The van der Waals surface area contributed by atoms with Crippen molar-refractivity contribution in [1.82, 2.24) is 4.90 Å². The molecule has 5 heteroatoms. The van der Waals surface area contributed by atoms with E-state index in [9.17, 15) is 4.79 Å². The van der Waals surface area contributed by atoms with Crippen molar-refractivity contribution in [3.63, 3.8) is 0 Å². The van der Waals surface area contributed by atoms with Gasteiger partial charge in [-0.15, -0.1) is 0 Å². The Labute approximate surface area is 136 Å². The Bertz CT molecular complexity index is 577. The molecule has 0 aliphatic carbocycles. The standard InChI is InChI=1S/C17H22ClNO3/c1-19-11-5-7-14(19)16(17(20)22-3)12(9-11)10-4-6-13(18)15(8-10)21-2/h4,6,8,11-12,14,16H,5,7,9H2,1-3H3. The van der Waals surface area contributed by atoms with E-state index >= 15 is 0 Å². The normalized spacial score (nSPS) is 31.1. The van der Waals surface area contributed by atoms with Crippen LogP contribution in [0.5, 0.6) is 5.75 Å². The number of fused-ring (bicyclic) bond motifs is 2. The molecule has 0 spiro atoms. The molecule has 2 aliphatic rings. The first-order valence-corrected chi connectivity index (χ1v) is 8.07. The van der Waals surface area contributed by atoms with Crippen LogP contribution in [0.2, 0.25) is 5.02 Å². The number of piperidine rings is 1. The minimum Gasteiger partial charge on any atom is -0.495 e. The van der Waals surface area contributed by atoms with Gasteiger partial charge < -0.3 is 9.47 Å². The third-order valence-corrected chi connectivity index (χ3v) is 5.66. The molecule has 2 heterocycles. The van der Waals surface area contributed by atoms with Crippen LogP contribution in [0.4, 0.5) is 0 Å². The molecule has 0 saturated carbocycles. The predicted molar refractivity (Wildman–Crippen MR) is 85.4 cm³/mol. The summed E-state index contributed by atoms with van der Waals surface area (Å²) in [6.45, 7) is 0. The van der Waals surface area contributed by atoms with Gasteiger partial charge >= 0.3 is 5.97 Å². The Morgan fingerprint density at radius 3 is 2.77 bits per heavy atom. The van der Waals surface area contributed by atoms with E-state index in [2.05, 4.69) is 11.9 Å². The smallest absolute Gasteiger partial charge is 0.310 e. The maximum absolute atomic E-state index is 12.4. The number of carbonyl (C=O) groups excluding carboxylic acids is 1. The van der Waals surface area contributed by atoms with Gasteiger partial charge in [-0.1, -0.05) is 17.7 Å². The molecule has 0 radical (unpaired) electrons. The maximum Gasteiger partial charge on any atom is 0.310 e. The number of hydrogen-bond donors (Lipinski definition) is 0. The molecule has 2 aliphatic heterocycles. The summed E-state index contributed by atoms with van der Waals surface area (Å²) in [5, 5.41) is 0.594. The molecule has 2 saturated heterocycles. The molecule has 22 heavy (non-hydrogen) atoms. The molecule has 1 aromatic rings. The number of halogens is 1. The minimum absolute atomic E-state index is 0.115. The quantitative estimate of drug-likeness (QED) is 0.801. The van der Waals surface area contributed by atoms with E-state index in [0.29, 0.717) is 16.8 Å². The Morgan fingerprint density at radius 2 is 2.09 bits per heavy atom. The van der Waals surface area contributed by atoms with Gasteiger partial charge in [-0.05, 0) is 44.0 Å². The first kappa shape index (κ1) is 15.6. The van der Waals surface area contributed by atoms with E-state index in [4.69, 9.17) is 21.1 Å². The Kier molecular flexibility index (Phi) is 4.33. The monoisotopic (exact) mass is 323 g/mol. The predicted octanol–water partition coefficient (Wildman–Crippen LogP) is 3.09. The van der Waals surface area contributed by atoms with Crippen LogP contribution in [0.3, 0.4) is 0 Å². The third-order valence-electron chi connectivity index (χ3n) is 5.35. The summed E-state index contributed by atoms with van der Waals surface area (Å²) in [6.07, 6.45) is 3.18. The van der Waals surface area contributed by atoms with Crippen LogP contribution < -0.4 is 4.74 Å². The van der Waals surface area contributed by atoms with E-state index in [1.165, 1.54) is 7.11 Å². The van der Waals surface area contributed by atoms with Gasteiger partial charge in [-0.3, -0.25) is 9.69 Å². The van der Waals surface area contributed by atoms with Crippen molar-refractivity contribution in [1.29, 1.82) is 0 Å². The second-order valence-electron chi connectivity index (χ2n) is 6.25. The van der Waals surface area contributed by atoms with Crippen LogP contribution in [0.25, 0.3) is 0 Å². The Hall–Kier alpha value is -1.26. The van der Waals surface area contributed by atoms with Crippen molar-refractivity contribution in [2.45, 2.75) is 37.3 Å². The van der Waals surface area contributed by atoms with Crippen molar-refractivity contribution < 1.29 is 14.3 Å². The summed E-state index contributed by atoms with van der Waals surface area (Å²) >= 11 is 6.13. The van der Waals surface area contributed by atoms with E-state index in [0.717, 1.165) is 24.8 Å². The number of benzene rings is 1. The van der Waals surface area contributed by atoms with Crippen LogP contribution in [0.1, 0.15) is 30.7 Å². The van der Waals surface area contributed by atoms with E-state index in [-0.39, 0.29) is 23.8 Å². The zero-order chi connectivity index (χ0) is 15.9. The molecule has 2 fully saturated rings. The Morgan fingerprint density at radius 1 is 1.32 bits per heavy atom. The van der Waals surface area contributed by atoms with Gasteiger partial charge in [0.05, 0.1) is 25.2 Å². The first-order chi connectivity index (χ1) is 10.6. The van der Waals surface area contributed by atoms with Crippen LogP contribution in [0.15, 0.2) is 18.2 Å². The highest BCUT2D eigenvalue weighted by atomic mass is 35.5. The van der Waals surface area contributed by atoms with Crippen molar-refractivity contribution in [3.8, 4) is 5.75 Å². The summed E-state index contributed by atoms with van der Waals surface area (Å²) in [5.74, 6) is 0.581. The second-order valence-corrected chi connectivity index (χ2v) is 6.66. The molecule has 4 unspecified atom stereocenters. The fourth-order valence-corrected chi connectivity index (χ4v) is 4.37. The number of esters is 1. The number of carbonyl (C=O) groups is 1. The topological polar surface area (TPSA) is 38.8 Å². The highest BCUT2D eigenvalue weighted by Crippen LogP contribution is 2.47. The number of rotatable bonds is 3. The Balaban J connectivity index is 1.98. The molecule has 3 rings (SSSR count). The zero-order valence-corrected chi connectivity index (χ0v) is 14.0. The molecule has 0 aromatic heterocycles. The summed E-state index contributed by atoms with van der Waals surface area (Å²) in [6, 6.07) is 6.63. The first-order valence-electron chi connectivity index (χ1n) is 7.70. The number of methoxy groups -OCH3 is 2. The van der Waals surface area contributed by atoms with Crippen LogP contribution in [-0.2, 0) is 9.53 Å². The molecular weight excluding hydrogens is 302 g/mol. The number of nitrogens with zero attached hydrogens (tertiary/aromatic N) is 1. The lowest BCUT2D eigenvalue weighted by Crippen LogP contribution is -2.49. The number of hydrogen-bond acceptors (Lipinski definition) is 4. The lowest BCUT2D eigenvalue weighted by Gasteiger charge is -2.41. The molecule has 120 valence electrons. The SMILES string of the molecule is COC(=O)C1C(c2ccc(Cl)c(OC)c2)CC2CCC1N2C. The van der Waals surface area contributed by atoms with Gasteiger partial charge in [0, 0.05) is 18.0 Å². The molecular formula is C17H22ClNO3. The molecule has 1 aromatic carbocycles. The van der Waals surface area contributed by atoms with Crippen LogP contribution >= 0.6 is 11.6 Å². The fourth-order valence-electron chi connectivity index (χ4n) is 4.17. The minimum atomic E-state index is -0.125. The van der Waals surface area contributed by atoms with E-state index in [1.807, 2.05) is 18.2 Å². The van der Waals surface area contributed by atoms with Crippen molar-refractivity contribution >= 4 is 17.6 Å². The summed E-state index contributed by atoms with van der Waals surface area (Å²) in [7, 11) is 5.21. The summed E-state index contributed by atoms with van der Waals surface area (Å²) < 4.78 is 10.4. The highest BCUT2D eigenvalue weighted by molar-refractivity contribution is 6.32. The van der Waals surface area contributed by atoms with Crippen molar-refractivity contribution in [2.75, 3.05) is 21.3 Å². The lowest BCUT2D eigenvalue weighted by molar-refractivity contribution is -0.150. The highest BCUT2D eigenvalue weighted by Gasteiger charge is 2.49. The van der Waals surface area contributed by atoms with Gasteiger partial charge in [0.15, 0.2) is 0 Å². The average Bonchev–Trinajstić information content (AvgIpc) is 2.76. The van der Waals surface area contributed by atoms with E-state index in [1.54, 1.807) is 7.11 Å². The average molecular weight is 324 g/mol. The van der Waals surface area contributed by atoms with Gasteiger partial charge in [-0.25, -0.2) is 0 Å². The fraction of sp³-hybridized carbons (Fsp3) is 0.588. The van der Waals surface area contributed by atoms with Gasteiger partial charge in [-0.2, -0.15) is 0 Å². The zero-order valence-electron chi connectivity index (χ0n) is 13.2. The maximum atomic E-state index is 12.4. The second kappa shape index (κ2) is 6.09. The molecule has 4 nitrogen and oxygen atoms in total. The molecule has 2 bridgehead atoms. The van der Waals surface area contributed by atoms with Gasteiger partial charge in [0.25, 0.3) is 0 Å².